The van der Waals surface area contributed by atoms with Gasteiger partial charge < -0.3 is 14.9 Å². The van der Waals surface area contributed by atoms with E-state index in [-0.39, 0.29) is 17.6 Å². The van der Waals surface area contributed by atoms with E-state index in [1.165, 1.54) is 12.1 Å². The minimum Gasteiger partial charge on any atom is -0.350 e. The molecule has 124 valence electrons. The maximum absolute atomic E-state index is 13.3. The molecule has 0 radical (unpaired) electrons. The van der Waals surface area contributed by atoms with E-state index < -0.39 is 0 Å². The molecule has 1 atom stereocenters. The Bertz CT molecular complexity index is 897. The Hall–Kier alpha value is -2.63. The molecule has 1 saturated heterocycles. The van der Waals surface area contributed by atoms with Gasteiger partial charge in [-0.05, 0) is 44.0 Å². The molecule has 3 aromatic rings. The fourth-order valence-corrected chi connectivity index (χ4v) is 3.41. The Labute approximate surface area is 138 Å². The van der Waals surface area contributed by atoms with Crippen molar-refractivity contribution < 1.29 is 9.18 Å². The third-order valence-electron chi connectivity index (χ3n) is 4.63. The van der Waals surface area contributed by atoms with Gasteiger partial charge in [-0.15, -0.1) is 0 Å². The first kappa shape index (κ1) is 14.9. The van der Waals surface area contributed by atoms with Crippen molar-refractivity contribution in [2.75, 3.05) is 13.1 Å². The van der Waals surface area contributed by atoms with Gasteiger partial charge in [-0.1, -0.05) is 0 Å². The van der Waals surface area contributed by atoms with E-state index in [1.807, 2.05) is 18.0 Å². The third-order valence-corrected chi connectivity index (χ3v) is 4.63. The summed E-state index contributed by atoms with van der Waals surface area (Å²) in [4.78, 5) is 25.4. The van der Waals surface area contributed by atoms with Crippen LogP contribution in [0.4, 0.5) is 4.39 Å². The zero-order chi connectivity index (χ0) is 16.7. The molecule has 2 N–H and O–H groups in total. The van der Waals surface area contributed by atoms with Crippen LogP contribution in [0.5, 0.6) is 0 Å². The number of piperidine rings is 1. The number of carbonyl (C=O) groups is 1. The highest BCUT2D eigenvalue weighted by molar-refractivity contribution is 5.98. The summed E-state index contributed by atoms with van der Waals surface area (Å²) in [5, 5.41) is 0.843. The molecule has 0 aliphatic carbocycles. The van der Waals surface area contributed by atoms with Crippen LogP contribution >= 0.6 is 0 Å². The third kappa shape index (κ3) is 2.68. The van der Waals surface area contributed by atoms with Crippen LogP contribution in [0.25, 0.3) is 10.9 Å². The van der Waals surface area contributed by atoms with Crippen molar-refractivity contribution >= 4 is 16.8 Å². The number of benzene rings is 1. The zero-order valence-corrected chi connectivity index (χ0v) is 13.5. The zero-order valence-electron chi connectivity index (χ0n) is 13.5. The van der Waals surface area contributed by atoms with Crippen LogP contribution in [0.3, 0.4) is 0 Å². The summed E-state index contributed by atoms with van der Waals surface area (Å²) in [7, 11) is 0. The first-order valence-electron chi connectivity index (χ1n) is 8.19. The van der Waals surface area contributed by atoms with Crippen LogP contribution in [0.15, 0.2) is 30.5 Å². The van der Waals surface area contributed by atoms with Gasteiger partial charge in [-0.25, -0.2) is 9.37 Å². The highest BCUT2D eigenvalue weighted by Gasteiger charge is 2.27. The molecule has 1 aromatic carbocycles. The van der Waals surface area contributed by atoms with E-state index in [2.05, 4.69) is 15.0 Å². The molecule has 1 aliphatic rings. The quantitative estimate of drug-likeness (QED) is 0.758. The van der Waals surface area contributed by atoms with Crippen molar-refractivity contribution in [1.82, 2.24) is 19.9 Å². The lowest BCUT2D eigenvalue weighted by Crippen LogP contribution is -2.39. The molecule has 0 spiro atoms. The lowest BCUT2D eigenvalue weighted by molar-refractivity contribution is 0.0700. The van der Waals surface area contributed by atoms with E-state index in [0.717, 1.165) is 36.3 Å². The Kier molecular flexibility index (Phi) is 3.59. The van der Waals surface area contributed by atoms with Crippen LogP contribution in [-0.4, -0.2) is 38.8 Å². The molecule has 5 nitrogen and oxygen atoms in total. The number of likely N-dealkylation sites (tertiary alicyclic amines) is 1. The van der Waals surface area contributed by atoms with Crippen molar-refractivity contribution in [2.24, 2.45) is 0 Å². The van der Waals surface area contributed by atoms with Crippen molar-refractivity contribution in [1.29, 1.82) is 0 Å². The van der Waals surface area contributed by atoms with Crippen LogP contribution < -0.4 is 0 Å². The molecular formula is C18H19FN4O. The van der Waals surface area contributed by atoms with Crippen LogP contribution in [0, 0.1) is 12.7 Å². The molecule has 4 rings (SSSR count). The maximum Gasteiger partial charge on any atom is 0.270 e. The summed E-state index contributed by atoms with van der Waals surface area (Å²) in [5.74, 6) is 0.830. The van der Waals surface area contributed by atoms with Crippen LogP contribution in [0.1, 0.15) is 40.8 Å². The highest BCUT2D eigenvalue weighted by atomic mass is 19.1. The Morgan fingerprint density at radius 3 is 3.00 bits per heavy atom. The lowest BCUT2D eigenvalue weighted by Gasteiger charge is -2.31. The number of aromatic nitrogens is 3. The Morgan fingerprint density at radius 1 is 1.33 bits per heavy atom. The molecule has 1 fully saturated rings. The van der Waals surface area contributed by atoms with Gasteiger partial charge in [0.2, 0.25) is 0 Å². The number of nitrogens with zero attached hydrogens (tertiary/aromatic N) is 2. The number of imidazole rings is 1. The molecule has 1 unspecified atom stereocenters. The fourth-order valence-electron chi connectivity index (χ4n) is 3.41. The Balaban J connectivity index is 1.56. The summed E-state index contributed by atoms with van der Waals surface area (Å²) in [5.41, 5.74) is 2.19. The molecular weight excluding hydrogens is 307 g/mol. The number of amides is 1. The minimum atomic E-state index is -0.311. The van der Waals surface area contributed by atoms with Crippen molar-refractivity contribution in [3.05, 3.63) is 53.5 Å². The predicted octanol–water partition coefficient (Wildman–Crippen LogP) is 3.36. The van der Waals surface area contributed by atoms with E-state index in [0.29, 0.717) is 17.8 Å². The highest BCUT2D eigenvalue weighted by Crippen LogP contribution is 2.26. The van der Waals surface area contributed by atoms with Gasteiger partial charge in [0.25, 0.3) is 5.91 Å². The van der Waals surface area contributed by atoms with Gasteiger partial charge in [0.1, 0.15) is 17.3 Å². The molecule has 3 heterocycles. The second-order valence-corrected chi connectivity index (χ2v) is 6.46. The van der Waals surface area contributed by atoms with Gasteiger partial charge in [-0.2, -0.15) is 0 Å². The van der Waals surface area contributed by atoms with Crippen molar-refractivity contribution in [3.8, 4) is 0 Å². The number of nitrogens with one attached hydrogen (secondary N) is 2. The topological polar surface area (TPSA) is 64.8 Å². The first-order chi connectivity index (χ1) is 11.6. The van der Waals surface area contributed by atoms with E-state index in [9.17, 15) is 9.18 Å². The number of halogens is 1. The number of hydrogen-bond acceptors (Lipinski definition) is 2. The number of carbonyl (C=O) groups excluding carboxylic acids is 1. The minimum absolute atomic E-state index is 0.0420. The maximum atomic E-state index is 13.3. The molecule has 0 bridgehead atoms. The summed E-state index contributed by atoms with van der Waals surface area (Å²) in [6.07, 6.45) is 3.79. The molecule has 24 heavy (non-hydrogen) atoms. The van der Waals surface area contributed by atoms with Gasteiger partial charge in [-0.3, -0.25) is 4.79 Å². The second-order valence-electron chi connectivity index (χ2n) is 6.46. The van der Waals surface area contributed by atoms with Crippen LogP contribution in [-0.2, 0) is 0 Å². The average Bonchev–Trinajstić information content (AvgIpc) is 3.20. The van der Waals surface area contributed by atoms with Gasteiger partial charge in [0.15, 0.2) is 0 Å². The summed E-state index contributed by atoms with van der Waals surface area (Å²) in [6.45, 7) is 3.36. The van der Waals surface area contributed by atoms with Crippen LogP contribution in [0.2, 0.25) is 0 Å². The van der Waals surface area contributed by atoms with Gasteiger partial charge >= 0.3 is 0 Å². The number of fused-ring (bicyclic) bond motifs is 1. The largest absolute Gasteiger partial charge is 0.350 e. The van der Waals surface area contributed by atoms with E-state index in [1.54, 1.807) is 12.1 Å². The van der Waals surface area contributed by atoms with Gasteiger partial charge in [0, 0.05) is 41.8 Å². The average molecular weight is 326 g/mol. The number of rotatable bonds is 2. The molecule has 2 aromatic heterocycles. The number of aryl methyl sites for hydroxylation is 1. The Morgan fingerprint density at radius 2 is 2.21 bits per heavy atom. The standard InChI is InChI=1S/C18H19FN4O/c1-11-9-20-17(21-11)13-3-2-6-23(10-13)18(24)16-7-12-4-5-14(19)8-15(12)22-16/h4-5,7-9,13,22H,2-3,6,10H2,1H3,(H,20,21). The lowest BCUT2D eigenvalue weighted by atomic mass is 9.97. The molecule has 6 heteroatoms. The smallest absolute Gasteiger partial charge is 0.270 e. The molecule has 1 amide bonds. The van der Waals surface area contributed by atoms with Crippen molar-refractivity contribution in [2.45, 2.75) is 25.7 Å². The van der Waals surface area contributed by atoms with Crippen molar-refractivity contribution in [3.63, 3.8) is 0 Å². The summed E-state index contributed by atoms with van der Waals surface area (Å²) >= 11 is 0. The number of H-pyrrole nitrogens is 2. The summed E-state index contributed by atoms with van der Waals surface area (Å²) < 4.78 is 13.3. The van der Waals surface area contributed by atoms with Gasteiger partial charge in [0.05, 0.1) is 0 Å². The second kappa shape index (κ2) is 5.78. The van der Waals surface area contributed by atoms with E-state index >= 15 is 0 Å². The summed E-state index contributed by atoms with van der Waals surface area (Å²) in [6, 6.07) is 6.29. The molecule has 1 aliphatic heterocycles. The molecule has 0 saturated carbocycles. The SMILES string of the molecule is Cc1cnc(C2CCCN(C(=O)c3cc4ccc(F)cc4[nH]3)C2)[nH]1. The normalized spacial score (nSPS) is 18.2. The first-order valence-corrected chi connectivity index (χ1v) is 8.19. The fraction of sp³-hybridized carbons (Fsp3) is 0.333. The number of hydrogen-bond donors (Lipinski definition) is 2. The number of aromatic amines is 2. The van der Waals surface area contributed by atoms with E-state index in [4.69, 9.17) is 0 Å². The monoisotopic (exact) mass is 326 g/mol. The predicted molar refractivity (Wildman–Crippen MR) is 89.5 cm³/mol.